The summed E-state index contributed by atoms with van der Waals surface area (Å²) in [5.74, 6) is 1.65. The van der Waals surface area contributed by atoms with Crippen molar-refractivity contribution in [2.75, 3.05) is 0 Å². The Morgan fingerprint density at radius 3 is 2.89 bits per heavy atom. The van der Waals surface area contributed by atoms with Gasteiger partial charge in [0.15, 0.2) is 5.65 Å². The average Bonchev–Trinajstić information content (AvgIpc) is 2.72. The maximum Gasteiger partial charge on any atom is 0.165 e. The number of benzene rings is 1. The van der Waals surface area contributed by atoms with Gasteiger partial charge in [-0.15, -0.1) is 10.2 Å². The molecule has 0 unspecified atom stereocenters. The van der Waals surface area contributed by atoms with Crippen molar-refractivity contribution in [1.29, 1.82) is 0 Å². The molecule has 0 aliphatic heterocycles. The van der Waals surface area contributed by atoms with E-state index in [0.29, 0.717) is 11.6 Å². The maximum absolute atomic E-state index is 5.92. The number of fused-ring (bicyclic) bond motifs is 1. The highest BCUT2D eigenvalue weighted by atomic mass is 79.9. The number of aromatic nitrogens is 4. The molecule has 3 rings (SSSR count). The summed E-state index contributed by atoms with van der Waals surface area (Å²) < 4.78 is 2.98. The third-order valence-corrected chi connectivity index (χ3v) is 3.53. The van der Waals surface area contributed by atoms with Crippen molar-refractivity contribution in [2.45, 2.75) is 13.3 Å². The van der Waals surface area contributed by atoms with Gasteiger partial charge in [0.1, 0.15) is 16.8 Å². The largest absolute Gasteiger partial charge is 0.266 e. The zero-order valence-electron chi connectivity index (χ0n) is 10.1. The van der Waals surface area contributed by atoms with Gasteiger partial charge in [-0.25, -0.2) is 4.98 Å². The molecule has 3 aromatic rings. The number of aryl methyl sites for hydroxylation is 1. The first kappa shape index (κ1) is 12.6. The molecule has 0 fully saturated rings. The van der Waals surface area contributed by atoms with Crippen molar-refractivity contribution in [3.05, 3.63) is 57.2 Å². The fourth-order valence-electron chi connectivity index (χ4n) is 2.06. The lowest BCUT2D eigenvalue weighted by atomic mass is 10.1. The molecule has 0 amide bonds. The van der Waals surface area contributed by atoms with E-state index in [1.54, 1.807) is 6.07 Å². The Balaban J connectivity index is 2.06. The summed E-state index contributed by atoms with van der Waals surface area (Å²) in [5, 5.41) is 8.79. The Kier molecular flexibility index (Phi) is 3.24. The SMILES string of the molecule is Cc1nc(Cl)cc2nnc(Cc3cccc(Br)c3)n12. The standard InChI is InChI=1S/C13H10BrClN4/c1-8-16-11(15)7-13-18-17-12(19(8)13)6-9-3-2-4-10(14)5-9/h2-5,7H,6H2,1H3. The Labute approximate surface area is 123 Å². The van der Waals surface area contributed by atoms with Crippen LogP contribution in [0.15, 0.2) is 34.8 Å². The van der Waals surface area contributed by atoms with Crippen LogP contribution in [0.2, 0.25) is 5.15 Å². The monoisotopic (exact) mass is 336 g/mol. The highest BCUT2D eigenvalue weighted by Gasteiger charge is 2.10. The van der Waals surface area contributed by atoms with Crippen molar-refractivity contribution in [1.82, 2.24) is 19.6 Å². The number of rotatable bonds is 2. The van der Waals surface area contributed by atoms with Crippen molar-refractivity contribution >= 4 is 33.2 Å². The van der Waals surface area contributed by atoms with Gasteiger partial charge in [0, 0.05) is 17.0 Å². The molecule has 0 saturated heterocycles. The van der Waals surface area contributed by atoms with Gasteiger partial charge < -0.3 is 0 Å². The molecule has 1 aromatic carbocycles. The zero-order chi connectivity index (χ0) is 13.4. The van der Waals surface area contributed by atoms with E-state index < -0.39 is 0 Å². The molecule has 0 aliphatic carbocycles. The average molecular weight is 338 g/mol. The highest BCUT2D eigenvalue weighted by Crippen LogP contribution is 2.17. The molecule has 4 nitrogen and oxygen atoms in total. The summed E-state index contributed by atoms with van der Waals surface area (Å²) in [6.45, 7) is 1.90. The lowest BCUT2D eigenvalue weighted by Crippen LogP contribution is -2.02. The third kappa shape index (κ3) is 2.48. The molecule has 0 atom stereocenters. The molecule has 2 aromatic heterocycles. The third-order valence-electron chi connectivity index (χ3n) is 2.85. The van der Waals surface area contributed by atoms with Crippen molar-refractivity contribution in [3.63, 3.8) is 0 Å². The van der Waals surface area contributed by atoms with Crippen LogP contribution in [0.25, 0.3) is 5.65 Å². The van der Waals surface area contributed by atoms with Crippen LogP contribution in [-0.4, -0.2) is 19.6 Å². The molecule has 0 bridgehead atoms. The van der Waals surface area contributed by atoms with Crippen molar-refractivity contribution in [3.8, 4) is 0 Å². The lowest BCUT2D eigenvalue weighted by Gasteiger charge is -2.04. The Morgan fingerprint density at radius 2 is 2.11 bits per heavy atom. The van der Waals surface area contributed by atoms with Gasteiger partial charge in [-0.3, -0.25) is 4.40 Å². The van der Waals surface area contributed by atoms with Gasteiger partial charge in [0.2, 0.25) is 0 Å². The first-order chi connectivity index (χ1) is 9.13. The molecule has 19 heavy (non-hydrogen) atoms. The van der Waals surface area contributed by atoms with Crippen molar-refractivity contribution in [2.24, 2.45) is 0 Å². The first-order valence-corrected chi connectivity index (χ1v) is 6.92. The van der Waals surface area contributed by atoms with Crippen molar-refractivity contribution < 1.29 is 0 Å². The fourth-order valence-corrected chi connectivity index (χ4v) is 2.73. The normalized spacial score (nSPS) is 11.1. The van der Waals surface area contributed by atoms with Crippen LogP contribution in [0.3, 0.4) is 0 Å². The van der Waals surface area contributed by atoms with Gasteiger partial charge in [-0.05, 0) is 24.6 Å². The van der Waals surface area contributed by atoms with E-state index in [0.717, 1.165) is 27.3 Å². The lowest BCUT2D eigenvalue weighted by molar-refractivity contribution is 0.884. The van der Waals surface area contributed by atoms with E-state index in [9.17, 15) is 0 Å². The minimum atomic E-state index is 0.436. The second kappa shape index (κ2) is 4.90. The van der Waals surface area contributed by atoms with E-state index in [2.05, 4.69) is 43.2 Å². The van der Waals surface area contributed by atoms with Gasteiger partial charge >= 0.3 is 0 Å². The maximum atomic E-state index is 5.92. The predicted molar refractivity (Wildman–Crippen MR) is 77.5 cm³/mol. The zero-order valence-corrected chi connectivity index (χ0v) is 12.5. The Hall–Kier alpha value is -1.46. The van der Waals surface area contributed by atoms with Crippen LogP contribution in [0.4, 0.5) is 0 Å². The summed E-state index contributed by atoms with van der Waals surface area (Å²) in [4.78, 5) is 4.23. The van der Waals surface area contributed by atoms with Crippen LogP contribution < -0.4 is 0 Å². The first-order valence-electron chi connectivity index (χ1n) is 5.75. The van der Waals surface area contributed by atoms with Gasteiger partial charge in [-0.1, -0.05) is 39.7 Å². The quantitative estimate of drug-likeness (QED) is 0.673. The minimum absolute atomic E-state index is 0.436. The van der Waals surface area contributed by atoms with Crippen LogP contribution in [0.5, 0.6) is 0 Å². The van der Waals surface area contributed by atoms with Crippen LogP contribution in [0, 0.1) is 6.92 Å². The molecule has 0 saturated carbocycles. The smallest absolute Gasteiger partial charge is 0.165 e. The Morgan fingerprint density at radius 1 is 1.26 bits per heavy atom. The second-order valence-corrected chi connectivity index (χ2v) is 5.55. The van der Waals surface area contributed by atoms with Crippen LogP contribution in [-0.2, 0) is 6.42 Å². The molecule has 6 heteroatoms. The van der Waals surface area contributed by atoms with Crippen LogP contribution in [0.1, 0.15) is 17.2 Å². The number of halogens is 2. The highest BCUT2D eigenvalue weighted by molar-refractivity contribution is 9.10. The summed E-state index contributed by atoms with van der Waals surface area (Å²) in [6, 6.07) is 9.85. The molecule has 0 spiro atoms. The summed E-state index contributed by atoms with van der Waals surface area (Å²) in [7, 11) is 0. The van der Waals surface area contributed by atoms with E-state index in [-0.39, 0.29) is 0 Å². The van der Waals surface area contributed by atoms with E-state index in [1.165, 1.54) is 0 Å². The van der Waals surface area contributed by atoms with E-state index in [1.807, 2.05) is 23.5 Å². The molecule has 0 N–H and O–H groups in total. The van der Waals surface area contributed by atoms with Gasteiger partial charge in [0.05, 0.1) is 0 Å². The second-order valence-electron chi connectivity index (χ2n) is 4.24. The molecule has 0 aliphatic rings. The molecule has 96 valence electrons. The Bertz CT molecular complexity index is 753. The number of hydrogen-bond acceptors (Lipinski definition) is 3. The number of nitrogens with zero attached hydrogens (tertiary/aromatic N) is 4. The summed E-state index contributed by atoms with van der Waals surface area (Å²) >= 11 is 9.38. The number of hydrogen-bond donors (Lipinski definition) is 0. The van der Waals surface area contributed by atoms with E-state index >= 15 is 0 Å². The predicted octanol–water partition coefficient (Wildman–Crippen LogP) is 3.44. The van der Waals surface area contributed by atoms with Crippen LogP contribution >= 0.6 is 27.5 Å². The summed E-state index contributed by atoms with van der Waals surface area (Å²) in [6.07, 6.45) is 0.699. The van der Waals surface area contributed by atoms with Gasteiger partial charge in [0.25, 0.3) is 0 Å². The molecular weight excluding hydrogens is 328 g/mol. The fraction of sp³-hybridized carbons (Fsp3) is 0.154. The minimum Gasteiger partial charge on any atom is -0.266 e. The van der Waals surface area contributed by atoms with Gasteiger partial charge in [-0.2, -0.15) is 0 Å². The summed E-state index contributed by atoms with van der Waals surface area (Å²) in [5.41, 5.74) is 1.89. The molecular formula is C13H10BrClN4. The molecule has 0 radical (unpaired) electrons. The van der Waals surface area contributed by atoms with E-state index in [4.69, 9.17) is 11.6 Å². The molecule has 2 heterocycles. The topological polar surface area (TPSA) is 43.1 Å².